The van der Waals surface area contributed by atoms with Gasteiger partial charge in [-0.05, 0) is 45.2 Å². The molecule has 1 aliphatic heterocycles. The van der Waals surface area contributed by atoms with Gasteiger partial charge in [0, 0.05) is 12.6 Å². The third-order valence-electron chi connectivity index (χ3n) is 4.16. The van der Waals surface area contributed by atoms with E-state index in [0.717, 1.165) is 25.8 Å². The van der Waals surface area contributed by atoms with E-state index >= 15 is 0 Å². The highest BCUT2D eigenvalue weighted by Crippen LogP contribution is 2.19. The highest BCUT2D eigenvalue weighted by molar-refractivity contribution is 5.99. The fourth-order valence-corrected chi connectivity index (χ4v) is 2.84. The van der Waals surface area contributed by atoms with Gasteiger partial charge in [0.15, 0.2) is 0 Å². The van der Waals surface area contributed by atoms with Crippen molar-refractivity contribution in [2.75, 3.05) is 13.7 Å². The number of carbonyl (C=O) groups is 2. The Hall–Kier alpha value is -2.04. The molecule has 2 amide bonds. The van der Waals surface area contributed by atoms with Crippen LogP contribution in [0.3, 0.4) is 0 Å². The molecule has 5 nitrogen and oxygen atoms in total. The Labute approximate surface area is 131 Å². The van der Waals surface area contributed by atoms with Gasteiger partial charge in [-0.1, -0.05) is 12.1 Å². The minimum atomic E-state index is -0.544. The van der Waals surface area contributed by atoms with Gasteiger partial charge in [-0.15, -0.1) is 0 Å². The molecule has 0 aromatic heterocycles. The highest BCUT2D eigenvalue weighted by Gasteiger charge is 2.28. The van der Waals surface area contributed by atoms with Crippen LogP contribution >= 0.6 is 0 Å². The van der Waals surface area contributed by atoms with Crippen LogP contribution in [0.15, 0.2) is 24.3 Å². The van der Waals surface area contributed by atoms with Gasteiger partial charge in [0.05, 0.1) is 12.7 Å². The molecular weight excluding hydrogens is 280 g/mol. The van der Waals surface area contributed by atoms with Crippen molar-refractivity contribution in [3.05, 3.63) is 29.8 Å². The number of hydrogen-bond acceptors (Lipinski definition) is 3. The number of rotatable bonds is 4. The summed E-state index contributed by atoms with van der Waals surface area (Å²) >= 11 is 0. The van der Waals surface area contributed by atoms with Crippen molar-refractivity contribution >= 4 is 11.8 Å². The van der Waals surface area contributed by atoms with Crippen LogP contribution in [0, 0.1) is 0 Å². The van der Waals surface area contributed by atoms with Crippen LogP contribution in [-0.2, 0) is 4.79 Å². The lowest BCUT2D eigenvalue weighted by Gasteiger charge is -2.35. The largest absolute Gasteiger partial charge is 0.496 e. The second kappa shape index (κ2) is 7.29. The first-order valence-corrected chi connectivity index (χ1v) is 7.79. The van der Waals surface area contributed by atoms with E-state index in [2.05, 4.69) is 12.2 Å². The summed E-state index contributed by atoms with van der Waals surface area (Å²) in [6, 6.07) is 6.70. The quantitative estimate of drug-likeness (QED) is 0.928. The second-order valence-electron chi connectivity index (χ2n) is 5.77. The molecule has 22 heavy (non-hydrogen) atoms. The van der Waals surface area contributed by atoms with Crippen LogP contribution in [-0.4, -0.2) is 42.5 Å². The fourth-order valence-electron chi connectivity index (χ4n) is 2.84. The van der Waals surface area contributed by atoms with Crippen molar-refractivity contribution in [3.8, 4) is 5.75 Å². The summed E-state index contributed by atoms with van der Waals surface area (Å²) < 4.78 is 5.19. The lowest BCUT2D eigenvalue weighted by Crippen LogP contribution is -2.51. The summed E-state index contributed by atoms with van der Waals surface area (Å²) in [4.78, 5) is 26.7. The van der Waals surface area contributed by atoms with E-state index in [-0.39, 0.29) is 17.9 Å². The summed E-state index contributed by atoms with van der Waals surface area (Å²) in [6.07, 6.45) is 3.22. The van der Waals surface area contributed by atoms with Crippen LogP contribution in [0.5, 0.6) is 5.75 Å². The molecule has 2 atom stereocenters. The molecule has 120 valence electrons. The number of para-hydroxylation sites is 1. The molecule has 1 aromatic carbocycles. The monoisotopic (exact) mass is 304 g/mol. The van der Waals surface area contributed by atoms with E-state index in [1.165, 1.54) is 7.11 Å². The smallest absolute Gasteiger partial charge is 0.255 e. The molecule has 2 unspecified atom stereocenters. The van der Waals surface area contributed by atoms with Crippen molar-refractivity contribution in [2.24, 2.45) is 0 Å². The molecule has 0 saturated carbocycles. The molecule has 1 N–H and O–H groups in total. The maximum atomic E-state index is 12.5. The molecular formula is C17H24N2O3. The molecule has 1 saturated heterocycles. The normalized spacial score (nSPS) is 19.4. The number of nitrogens with one attached hydrogen (secondary N) is 1. The minimum absolute atomic E-state index is 0.0181. The Balaban J connectivity index is 2.03. The van der Waals surface area contributed by atoms with Gasteiger partial charge in [0.25, 0.3) is 5.91 Å². The van der Waals surface area contributed by atoms with E-state index in [0.29, 0.717) is 11.3 Å². The first kappa shape index (κ1) is 16.3. The zero-order valence-corrected chi connectivity index (χ0v) is 13.5. The van der Waals surface area contributed by atoms with Gasteiger partial charge in [0.2, 0.25) is 5.91 Å². The second-order valence-corrected chi connectivity index (χ2v) is 5.77. The third kappa shape index (κ3) is 3.59. The third-order valence-corrected chi connectivity index (χ3v) is 4.16. The average Bonchev–Trinajstić information content (AvgIpc) is 2.54. The maximum absolute atomic E-state index is 12.5. The zero-order valence-electron chi connectivity index (χ0n) is 13.5. The number of hydrogen-bond donors (Lipinski definition) is 1. The standard InChI is InChI=1S/C17H24N2O3/c1-12-8-6-7-11-19(12)17(21)13(2)18-16(20)14-9-4-5-10-15(14)22-3/h4-5,9-10,12-13H,6-8,11H2,1-3H3,(H,18,20). The maximum Gasteiger partial charge on any atom is 0.255 e. The number of carbonyl (C=O) groups excluding carboxylic acids is 2. The average molecular weight is 304 g/mol. The van der Waals surface area contributed by atoms with E-state index in [1.54, 1.807) is 31.2 Å². The number of amides is 2. The lowest BCUT2D eigenvalue weighted by molar-refractivity contribution is -0.136. The Kier molecular flexibility index (Phi) is 5.41. The summed E-state index contributed by atoms with van der Waals surface area (Å²) in [6.45, 7) is 4.57. The number of ether oxygens (including phenoxy) is 1. The highest BCUT2D eigenvalue weighted by atomic mass is 16.5. The summed E-state index contributed by atoms with van der Waals surface area (Å²) in [5.41, 5.74) is 0.441. The predicted octanol–water partition coefficient (Wildman–Crippen LogP) is 2.21. The number of nitrogens with zero attached hydrogens (tertiary/aromatic N) is 1. The molecule has 1 aliphatic rings. The minimum Gasteiger partial charge on any atom is -0.496 e. The molecule has 2 rings (SSSR count). The van der Waals surface area contributed by atoms with Gasteiger partial charge < -0.3 is 15.0 Å². The molecule has 1 heterocycles. The van der Waals surface area contributed by atoms with E-state index in [4.69, 9.17) is 4.74 Å². The number of benzene rings is 1. The van der Waals surface area contributed by atoms with Crippen LogP contribution in [0.1, 0.15) is 43.5 Å². The number of piperidine rings is 1. The van der Waals surface area contributed by atoms with Crippen molar-refractivity contribution < 1.29 is 14.3 Å². The van der Waals surface area contributed by atoms with Gasteiger partial charge in [-0.2, -0.15) is 0 Å². The lowest BCUT2D eigenvalue weighted by atomic mass is 10.0. The van der Waals surface area contributed by atoms with E-state index < -0.39 is 6.04 Å². The Bertz CT molecular complexity index is 544. The Morgan fingerprint density at radius 2 is 2.05 bits per heavy atom. The number of likely N-dealkylation sites (tertiary alicyclic amines) is 1. The number of methoxy groups -OCH3 is 1. The topological polar surface area (TPSA) is 58.6 Å². The molecule has 1 fully saturated rings. The fraction of sp³-hybridized carbons (Fsp3) is 0.529. The first-order chi connectivity index (χ1) is 10.5. The van der Waals surface area contributed by atoms with Gasteiger partial charge in [-0.25, -0.2) is 0 Å². The SMILES string of the molecule is COc1ccccc1C(=O)NC(C)C(=O)N1CCCCC1C. The van der Waals surface area contributed by atoms with Crippen molar-refractivity contribution in [2.45, 2.75) is 45.2 Å². The summed E-state index contributed by atoms with van der Waals surface area (Å²) in [5.74, 6) is 0.199. The van der Waals surface area contributed by atoms with Gasteiger partial charge >= 0.3 is 0 Å². The van der Waals surface area contributed by atoms with Crippen LogP contribution in [0.2, 0.25) is 0 Å². The predicted molar refractivity (Wildman–Crippen MR) is 84.9 cm³/mol. The molecule has 0 aliphatic carbocycles. The van der Waals surface area contributed by atoms with Gasteiger partial charge in [0.1, 0.15) is 11.8 Å². The van der Waals surface area contributed by atoms with Gasteiger partial charge in [-0.3, -0.25) is 9.59 Å². The molecule has 0 radical (unpaired) electrons. The molecule has 0 spiro atoms. The van der Waals surface area contributed by atoms with Crippen LogP contribution < -0.4 is 10.1 Å². The van der Waals surface area contributed by atoms with E-state index in [9.17, 15) is 9.59 Å². The summed E-state index contributed by atoms with van der Waals surface area (Å²) in [7, 11) is 1.52. The van der Waals surface area contributed by atoms with E-state index in [1.807, 2.05) is 4.90 Å². The van der Waals surface area contributed by atoms with Crippen molar-refractivity contribution in [1.82, 2.24) is 10.2 Å². The molecule has 5 heteroatoms. The Morgan fingerprint density at radius 3 is 2.73 bits per heavy atom. The van der Waals surface area contributed by atoms with Crippen molar-refractivity contribution in [1.29, 1.82) is 0 Å². The Morgan fingerprint density at radius 1 is 1.32 bits per heavy atom. The van der Waals surface area contributed by atoms with Crippen LogP contribution in [0.4, 0.5) is 0 Å². The summed E-state index contributed by atoms with van der Waals surface area (Å²) in [5, 5.41) is 2.78. The zero-order chi connectivity index (χ0) is 16.1. The molecule has 0 bridgehead atoms. The van der Waals surface area contributed by atoms with Crippen molar-refractivity contribution in [3.63, 3.8) is 0 Å². The van der Waals surface area contributed by atoms with Crippen LogP contribution in [0.25, 0.3) is 0 Å². The molecule has 1 aromatic rings. The first-order valence-electron chi connectivity index (χ1n) is 7.79.